The van der Waals surface area contributed by atoms with E-state index in [9.17, 15) is 9.90 Å². The number of rotatable bonds is 2. The minimum atomic E-state index is -1.28. The fourth-order valence-electron chi connectivity index (χ4n) is 0.928. The van der Waals surface area contributed by atoms with Gasteiger partial charge in [-0.25, -0.2) is 0 Å². The Kier molecular flexibility index (Phi) is 2.39. The zero-order valence-corrected chi connectivity index (χ0v) is 6.64. The number of phenolic OH excluding ortho intramolecular Hbond substituents is 2. The van der Waals surface area contributed by atoms with Crippen molar-refractivity contribution in [1.82, 2.24) is 0 Å². The quantitative estimate of drug-likeness (QED) is 0.523. The molecule has 0 unspecified atom stereocenters. The number of hydrogen-bond donors (Lipinski definition) is 4. The SMILES string of the molecule is N[C@H](C(=O)O)c1ccc(O)cc1O. The van der Waals surface area contributed by atoms with Gasteiger partial charge in [0.15, 0.2) is 0 Å². The summed E-state index contributed by atoms with van der Waals surface area (Å²) in [4.78, 5) is 10.4. The average molecular weight is 183 g/mol. The van der Waals surface area contributed by atoms with E-state index in [0.29, 0.717) is 0 Å². The van der Waals surface area contributed by atoms with Crippen LogP contribution in [0.15, 0.2) is 18.2 Å². The number of hydrogen-bond acceptors (Lipinski definition) is 4. The van der Waals surface area contributed by atoms with E-state index in [4.69, 9.17) is 15.9 Å². The van der Waals surface area contributed by atoms with Gasteiger partial charge < -0.3 is 21.1 Å². The topological polar surface area (TPSA) is 104 Å². The summed E-state index contributed by atoms with van der Waals surface area (Å²) in [6.45, 7) is 0. The van der Waals surface area contributed by atoms with Gasteiger partial charge in [0.05, 0.1) is 0 Å². The second-order valence-electron chi connectivity index (χ2n) is 2.56. The van der Waals surface area contributed by atoms with E-state index in [1.165, 1.54) is 12.1 Å². The maximum Gasteiger partial charge on any atom is 0.325 e. The third-order valence-electron chi connectivity index (χ3n) is 1.62. The highest BCUT2D eigenvalue weighted by atomic mass is 16.4. The molecule has 0 heterocycles. The van der Waals surface area contributed by atoms with E-state index < -0.39 is 12.0 Å². The van der Waals surface area contributed by atoms with Crippen LogP contribution in [-0.4, -0.2) is 21.3 Å². The van der Waals surface area contributed by atoms with E-state index in [1.807, 2.05) is 0 Å². The Balaban J connectivity index is 3.08. The lowest BCUT2D eigenvalue weighted by Crippen LogP contribution is -2.20. The average Bonchev–Trinajstić information content (AvgIpc) is 2.03. The number of benzene rings is 1. The normalized spacial score (nSPS) is 12.4. The molecule has 5 nitrogen and oxygen atoms in total. The van der Waals surface area contributed by atoms with Crippen molar-refractivity contribution in [2.75, 3.05) is 0 Å². The number of nitrogens with two attached hydrogens (primary N) is 1. The standard InChI is InChI=1S/C8H9NO4/c9-7(8(12)13)5-2-1-4(10)3-6(5)11/h1-3,7,10-11H,9H2,(H,12,13)/t7-/m0/s1. The Bertz CT molecular complexity index is 337. The highest BCUT2D eigenvalue weighted by Crippen LogP contribution is 2.26. The third kappa shape index (κ3) is 1.88. The van der Waals surface area contributed by atoms with Gasteiger partial charge in [0.1, 0.15) is 17.5 Å². The van der Waals surface area contributed by atoms with Crippen molar-refractivity contribution in [3.8, 4) is 11.5 Å². The molecule has 0 amide bonds. The molecule has 1 aromatic rings. The second-order valence-corrected chi connectivity index (χ2v) is 2.56. The Morgan fingerprint density at radius 2 is 2.00 bits per heavy atom. The molecule has 0 aliphatic heterocycles. The summed E-state index contributed by atoms with van der Waals surface area (Å²) in [6, 6.07) is 2.29. The molecule has 1 atom stereocenters. The van der Waals surface area contributed by atoms with Crippen LogP contribution in [0.2, 0.25) is 0 Å². The first-order valence-corrected chi connectivity index (χ1v) is 3.52. The lowest BCUT2D eigenvalue weighted by Gasteiger charge is -2.08. The van der Waals surface area contributed by atoms with Gasteiger partial charge in [0.25, 0.3) is 0 Å². The highest BCUT2D eigenvalue weighted by Gasteiger charge is 2.17. The fraction of sp³-hybridized carbons (Fsp3) is 0.125. The van der Waals surface area contributed by atoms with Crippen molar-refractivity contribution < 1.29 is 20.1 Å². The van der Waals surface area contributed by atoms with Crippen LogP contribution in [0.1, 0.15) is 11.6 Å². The van der Waals surface area contributed by atoms with Crippen molar-refractivity contribution >= 4 is 5.97 Å². The molecule has 0 aliphatic rings. The molecule has 1 aromatic carbocycles. The van der Waals surface area contributed by atoms with Crippen molar-refractivity contribution in [2.24, 2.45) is 5.73 Å². The summed E-state index contributed by atoms with van der Waals surface area (Å²) >= 11 is 0. The molecule has 5 heteroatoms. The van der Waals surface area contributed by atoms with E-state index in [0.717, 1.165) is 6.07 Å². The smallest absolute Gasteiger partial charge is 0.325 e. The van der Waals surface area contributed by atoms with E-state index >= 15 is 0 Å². The van der Waals surface area contributed by atoms with Crippen molar-refractivity contribution in [3.63, 3.8) is 0 Å². The summed E-state index contributed by atoms with van der Waals surface area (Å²) in [5.41, 5.74) is 5.32. The first kappa shape index (κ1) is 9.34. The number of carboxylic acids is 1. The number of aromatic hydroxyl groups is 2. The predicted octanol–water partition coefficient (Wildman–Crippen LogP) is 0.182. The molecular weight excluding hydrogens is 174 g/mol. The van der Waals surface area contributed by atoms with E-state index in [1.54, 1.807) is 0 Å². The fourth-order valence-corrected chi connectivity index (χ4v) is 0.928. The summed E-state index contributed by atoms with van der Waals surface area (Å²) < 4.78 is 0. The summed E-state index contributed by atoms with van der Waals surface area (Å²) in [5.74, 6) is -1.70. The molecule has 0 saturated carbocycles. The van der Waals surface area contributed by atoms with Gasteiger partial charge in [-0.1, -0.05) is 0 Å². The maximum absolute atomic E-state index is 10.4. The number of aliphatic carboxylic acids is 1. The Morgan fingerprint density at radius 3 is 2.46 bits per heavy atom. The van der Waals surface area contributed by atoms with Gasteiger partial charge in [-0.05, 0) is 12.1 Å². The molecule has 70 valence electrons. The van der Waals surface area contributed by atoms with Crippen molar-refractivity contribution in [3.05, 3.63) is 23.8 Å². The first-order valence-electron chi connectivity index (χ1n) is 3.52. The largest absolute Gasteiger partial charge is 0.508 e. The summed E-state index contributed by atoms with van der Waals surface area (Å²) in [6.07, 6.45) is 0. The van der Waals surface area contributed by atoms with Crippen LogP contribution in [0.5, 0.6) is 11.5 Å². The van der Waals surface area contributed by atoms with Crippen LogP contribution in [0.25, 0.3) is 0 Å². The zero-order chi connectivity index (χ0) is 10.0. The first-order chi connectivity index (χ1) is 6.02. The van der Waals surface area contributed by atoms with Gasteiger partial charge in [-0.2, -0.15) is 0 Å². The Morgan fingerprint density at radius 1 is 1.38 bits per heavy atom. The van der Waals surface area contributed by atoms with Gasteiger partial charge in [0.2, 0.25) is 0 Å². The minimum absolute atomic E-state index is 0.0744. The number of carbonyl (C=O) groups is 1. The lowest BCUT2D eigenvalue weighted by molar-refractivity contribution is -0.138. The van der Waals surface area contributed by atoms with E-state index in [2.05, 4.69) is 0 Å². The van der Waals surface area contributed by atoms with Crippen LogP contribution >= 0.6 is 0 Å². The highest BCUT2D eigenvalue weighted by molar-refractivity contribution is 5.76. The summed E-state index contributed by atoms with van der Waals surface area (Å²) in [5, 5.41) is 26.6. The Hall–Kier alpha value is -1.75. The van der Waals surface area contributed by atoms with Gasteiger partial charge in [0, 0.05) is 11.6 Å². The third-order valence-corrected chi connectivity index (χ3v) is 1.62. The molecule has 5 N–H and O–H groups in total. The minimum Gasteiger partial charge on any atom is -0.508 e. The molecule has 0 spiro atoms. The van der Waals surface area contributed by atoms with E-state index in [-0.39, 0.29) is 17.1 Å². The van der Waals surface area contributed by atoms with Crippen LogP contribution < -0.4 is 5.73 Å². The molecule has 0 aliphatic carbocycles. The molecule has 0 radical (unpaired) electrons. The van der Waals surface area contributed by atoms with Crippen molar-refractivity contribution in [2.45, 2.75) is 6.04 Å². The van der Waals surface area contributed by atoms with Crippen molar-refractivity contribution in [1.29, 1.82) is 0 Å². The predicted molar refractivity (Wildman–Crippen MR) is 44.3 cm³/mol. The molecule has 0 fully saturated rings. The number of carboxylic acid groups (broad SMARTS) is 1. The lowest BCUT2D eigenvalue weighted by atomic mass is 10.1. The molecule has 13 heavy (non-hydrogen) atoms. The van der Waals surface area contributed by atoms with Crippen LogP contribution in [-0.2, 0) is 4.79 Å². The maximum atomic E-state index is 10.4. The molecule has 1 rings (SSSR count). The zero-order valence-electron chi connectivity index (χ0n) is 6.64. The van der Waals surface area contributed by atoms with Crippen LogP contribution in [0.4, 0.5) is 0 Å². The number of phenols is 2. The molecule has 0 saturated heterocycles. The molecule has 0 aromatic heterocycles. The molecular formula is C8H9NO4. The molecule has 0 bridgehead atoms. The van der Waals surface area contributed by atoms with Crippen LogP contribution in [0.3, 0.4) is 0 Å². The monoisotopic (exact) mass is 183 g/mol. The van der Waals surface area contributed by atoms with Gasteiger partial charge in [-0.3, -0.25) is 4.79 Å². The van der Waals surface area contributed by atoms with Crippen LogP contribution in [0, 0.1) is 0 Å². The van der Waals surface area contributed by atoms with Gasteiger partial charge >= 0.3 is 5.97 Å². The summed E-state index contributed by atoms with van der Waals surface area (Å²) in [7, 11) is 0. The van der Waals surface area contributed by atoms with Gasteiger partial charge in [-0.15, -0.1) is 0 Å². The Labute approximate surface area is 74.0 Å². The second kappa shape index (κ2) is 3.32.